The van der Waals surface area contributed by atoms with Crippen LogP contribution in [0.5, 0.6) is 23.0 Å². The van der Waals surface area contributed by atoms with Crippen molar-refractivity contribution in [2.24, 2.45) is 5.92 Å². The van der Waals surface area contributed by atoms with Crippen LogP contribution in [-0.4, -0.2) is 36.9 Å². The molecule has 154 valence electrons. The maximum atomic E-state index is 9.83. The first-order chi connectivity index (χ1) is 14.6. The average molecular weight is 407 g/mol. The van der Waals surface area contributed by atoms with Crippen LogP contribution < -0.4 is 18.9 Å². The smallest absolute Gasteiger partial charge is 0.205 e. The average Bonchev–Trinajstić information content (AvgIpc) is 3.20. The van der Waals surface area contributed by atoms with Crippen molar-refractivity contribution in [3.8, 4) is 29.1 Å². The standard InChI is InChI=1S/C22H21N3O5/c1-27-17-8-12(9-18(28-2)21(17)29-3)19-14-4-5-16-13(6-7-25(16)11-26)20(14)30-22(24)15(19)10-23/h4-9,15,19,24,26H,11H2,1-3H3. The summed E-state index contributed by atoms with van der Waals surface area (Å²) >= 11 is 0. The summed E-state index contributed by atoms with van der Waals surface area (Å²) in [7, 11) is 4.59. The Labute approximate surface area is 173 Å². The van der Waals surface area contributed by atoms with Crippen molar-refractivity contribution in [1.29, 1.82) is 10.7 Å². The van der Waals surface area contributed by atoms with E-state index in [-0.39, 0.29) is 12.6 Å². The molecule has 0 bridgehead atoms. The number of aromatic nitrogens is 1. The van der Waals surface area contributed by atoms with Gasteiger partial charge < -0.3 is 28.6 Å². The second-order valence-electron chi connectivity index (χ2n) is 6.85. The predicted octanol–water partition coefficient (Wildman–Crippen LogP) is 3.26. The highest BCUT2D eigenvalue weighted by molar-refractivity contribution is 5.95. The summed E-state index contributed by atoms with van der Waals surface area (Å²) in [5, 5.41) is 28.5. The number of nitriles is 1. The third kappa shape index (κ3) is 2.83. The molecule has 2 unspecified atom stereocenters. The molecule has 0 saturated heterocycles. The summed E-state index contributed by atoms with van der Waals surface area (Å²) in [5.74, 6) is 0.476. The lowest BCUT2D eigenvalue weighted by Gasteiger charge is -2.31. The van der Waals surface area contributed by atoms with Crippen molar-refractivity contribution in [2.75, 3.05) is 21.3 Å². The van der Waals surface area contributed by atoms with Gasteiger partial charge in [0, 0.05) is 23.1 Å². The van der Waals surface area contributed by atoms with Crippen molar-refractivity contribution >= 4 is 16.8 Å². The second-order valence-corrected chi connectivity index (χ2v) is 6.85. The molecule has 0 spiro atoms. The Morgan fingerprint density at radius 1 is 1.13 bits per heavy atom. The molecule has 2 atom stereocenters. The van der Waals surface area contributed by atoms with Crippen LogP contribution in [0.1, 0.15) is 17.0 Å². The molecule has 0 saturated carbocycles. The monoisotopic (exact) mass is 407 g/mol. The zero-order valence-electron chi connectivity index (χ0n) is 16.8. The summed E-state index contributed by atoms with van der Waals surface area (Å²) in [6, 6.07) is 11.4. The first kappa shape index (κ1) is 19.6. The van der Waals surface area contributed by atoms with Gasteiger partial charge >= 0.3 is 0 Å². The lowest BCUT2D eigenvalue weighted by molar-refractivity contribution is 0.215. The Bertz CT molecular complexity index is 1150. The maximum Gasteiger partial charge on any atom is 0.205 e. The minimum absolute atomic E-state index is 0.131. The van der Waals surface area contributed by atoms with E-state index in [0.29, 0.717) is 23.0 Å². The van der Waals surface area contributed by atoms with Gasteiger partial charge in [-0.2, -0.15) is 5.26 Å². The number of nitrogens with zero attached hydrogens (tertiary/aromatic N) is 2. The van der Waals surface area contributed by atoms with E-state index in [2.05, 4.69) is 6.07 Å². The molecule has 8 nitrogen and oxygen atoms in total. The zero-order chi connectivity index (χ0) is 21.4. The van der Waals surface area contributed by atoms with Crippen molar-refractivity contribution in [3.05, 3.63) is 47.7 Å². The number of nitrogens with one attached hydrogen (secondary N) is 1. The molecular weight excluding hydrogens is 386 g/mol. The molecule has 0 radical (unpaired) electrons. The highest BCUT2D eigenvalue weighted by atomic mass is 16.5. The van der Waals surface area contributed by atoms with E-state index in [0.717, 1.165) is 22.0 Å². The summed E-state index contributed by atoms with van der Waals surface area (Å²) in [5.41, 5.74) is 2.30. The van der Waals surface area contributed by atoms with E-state index in [4.69, 9.17) is 24.4 Å². The number of rotatable bonds is 5. The molecule has 2 N–H and O–H groups in total. The first-order valence-electron chi connectivity index (χ1n) is 9.26. The maximum absolute atomic E-state index is 9.83. The highest BCUT2D eigenvalue weighted by Crippen LogP contribution is 2.48. The fraction of sp³-hybridized carbons (Fsp3) is 0.273. The Morgan fingerprint density at radius 2 is 1.83 bits per heavy atom. The molecule has 2 heterocycles. The number of benzene rings is 2. The van der Waals surface area contributed by atoms with Gasteiger partial charge in [0.15, 0.2) is 11.5 Å². The van der Waals surface area contributed by atoms with Gasteiger partial charge in [-0.15, -0.1) is 0 Å². The molecule has 0 fully saturated rings. The minimum atomic E-state index is -0.822. The number of methoxy groups -OCH3 is 3. The molecule has 8 heteroatoms. The normalized spacial score (nSPS) is 17.8. The van der Waals surface area contributed by atoms with Crippen LogP contribution in [0.3, 0.4) is 0 Å². The molecular formula is C22H21N3O5. The van der Waals surface area contributed by atoms with Crippen molar-refractivity contribution in [3.63, 3.8) is 0 Å². The number of fused-ring (bicyclic) bond motifs is 3. The molecule has 4 rings (SSSR count). The number of aliphatic hydroxyl groups is 1. The molecule has 1 aromatic heterocycles. The van der Waals surface area contributed by atoms with Crippen LogP contribution in [0, 0.1) is 22.7 Å². The van der Waals surface area contributed by atoms with Gasteiger partial charge in [0.25, 0.3) is 0 Å². The summed E-state index contributed by atoms with van der Waals surface area (Å²) < 4.78 is 23.8. The second kappa shape index (κ2) is 7.61. The summed E-state index contributed by atoms with van der Waals surface area (Å²) in [6.45, 7) is -0.170. The molecule has 0 amide bonds. The molecule has 3 aromatic rings. The third-order valence-corrected chi connectivity index (χ3v) is 5.43. The Hall–Kier alpha value is -3.70. The Balaban J connectivity index is 1.98. The van der Waals surface area contributed by atoms with Crippen LogP contribution in [0.15, 0.2) is 36.5 Å². The van der Waals surface area contributed by atoms with Crippen molar-refractivity contribution in [1.82, 2.24) is 4.57 Å². The number of ether oxygens (including phenoxy) is 4. The largest absolute Gasteiger partial charge is 0.493 e. The number of hydrogen-bond acceptors (Lipinski definition) is 7. The van der Waals surface area contributed by atoms with Crippen LogP contribution in [0.25, 0.3) is 10.9 Å². The van der Waals surface area contributed by atoms with Gasteiger partial charge in [0.2, 0.25) is 11.6 Å². The topological polar surface area (TPSA) is 110 Å². The lowest BCUT2D eigenvalue weighted by atomic mass is 9.78. The van der Waals surface area contributed by atoms with Gasteiger partial charge in [-0.3, -0.25) is 5.41 Å². The third-order valence-electron chi connectivity index (χ3n) is 5.43. The van der Waals surface area contributed by atoms with E-state index in [1.807, 2.05) is 18.2 Å². The molecule has 30 heavy (non-hydrogen) atoms. The van der Waals surface area contributed by atoms with E-state index in [1.54, 1.807) is 22.9 Å². The lowest BCUT2D eigenvalue weighted by Crippen LogP contribution is -2.31. The van der Waals surface area contributed by atoms with Crippen molar-refractivity contribution in [2.45, 2.75) is 12.6 Å². The molecule has 1 aliphatic rings. The Kier molecular flexibility index (Phi) is 4.98. The molecule has 0 aliphatic carbocycles. The van der Waals surface area contributed by atoms with Gasteiger partial charge in [-0.25, -0.2) is 0 Å². The van der Waals surface area contributed by atoms with E-state index in [1.165, 1.54) is 21.3 Å². The fourth-order valence-corrected chi connectivity index (χ4v) is 4.03. The van der Waals surface area contributed by atoms with Crippen molar-refractivity contribution < 1.29 is 24.1 Å². The fourth-order valence-electron chi connectivity index (χ4n) is 4.03. The molecule has 1 aliphatic heterocycles. The predicted molar refractivity (Wildman–Crippen MR) is 110 cm³/mol. The SMILES string of the molecule is COc1cc(C2c3ccc4c(ccn4CO)c3OC(=N)C2C#N)cc(OC)c1OC. The highest BCUT2D eigenvalue weighted by Gasteiger charge is 2.38. The Morgan fingerprint density at radius 3 is 2.40 bits per heavy atom. The van der Waals surface area contributed by atoms with Gasteiger partial charge in [0.1, 0.15) is 18.4 Å². The quantitative estimate of drug-likeness (QED) is 0.672. The minimum Gasteiger partial charge on any atom is -0.493 e. The zero-order valence-corrected chi connectivity index (χ0v) is 16.8. The van der Waals surface area contributed by atoms with Gasteiger partial charge in [-0.1, -0.05) is 6.07 Å². The van der Waals surface area contributed by atoms with Gasteiger partial charge in [0.05, 0.1) is 32.9 Å². The number of aliphatic hydroxyl groups excluding tert-OH is 1. The van der Waals surface area contributed by atoms with Crippen LogP contribution >= 0.6 is 0 Å². The van der Waals surface area contributed by atoms with Gasteiger partial charge in [-0.05, 0) is 29.8 Å². The van der Waals surface area contributed by atoms with Crippen LogP contribution in [0.2, 0.25) is 0 Å². The number of hydrogen-bond donors (Lipinski definition) is 2. The van der Waals surface area contributed by atoms with Crippen LogP contribution in [0.4, 0.5) is 0 Å². The van der Waals surface area contributed by atoms with E-state index < -0.39 is 11.8 Å². The summed E-state index contributed by atoms with van der Waals surface area (Å²) in [6.07, 6.45) is 1.75. The first-order valence-corrected chi connectivity index (χ1v) is 9.26. The van der Waals surface area contributed by atoms with Crippen LogP contribution in [-0.2, 0) is 6.73 Å². The van der Waals surface area contributed by atoms with E-state index in [9.17, 15) is 10.4 Å². The van der Waals surface area contributed by atoms with E-state index >= 15 is 0 Å². The summed E-state index contributed by atoms with van der Waals surface area (Å²) in [4.78, 5) is 0. The molecule has 2 aromatic carbocycles.